The molecule has 5 heterocycles. The maximum Gasteiger partial charge on any atom is 0.342 e. The van der Waals surface area contributed by atoms with Crippen molar-refractivity contribution < 1.29 is 19.1 Å². The second-order valence-corrected chi connectivity index (χ2v) is 8.86. The minimum Gasteiger partial charge on any atom is -0.462 e. The number of hydrogen-bond donors (Lipinski definition) is 2. The maximum absolute atomic E-state index is 13.1. The number of nitrogens with zero attached hydrogens (tertiary/aromatic N) is 2. The lowest BCUT2D eigenvalue weighted by atomic mass is 10.1. The van der Waals surface area contributed by atoms with E-state index < -0.39 is 11.9 Å². The van der Waals surface area contributed by atoms with E-state index in [0.717, 1.165) is 33.5 Å². The summed E-state index contributed by atoms with van der Waals surface area (Å²) in [4.78, 5) is 42.7. The Morgan fingerprint density at radius 1 is 0.605 bits per heavy atom. The number of aromatic amines is 2. The van der Waals surface area contributed by atoms with Crippen molar-refractivity contribution in [2.75, 3.05) is 13.2 Å². The van der Waals surface area contributed by atoms with Crippen LogP contribution in [0.3, 0.4) is 0 Å². The van der Waals surface area contributed by atoms with Gasteiger partial charge in [-0.1, -0.05) is 13.8 Å². The Kier molecular flexibility index (Phi) is 6.96. The number of fused-ring (bicyclic) bond motifs is 8. The highest BCUT2D eigenvalue weighted by atomic mass is 16.5. The van der Waals surface area contributed by atoms with Gasteiger partial charge in [0.2, 0.25) is 0 Å². The molecule has 2 aliphatic heterocycles. The predicted octanol–water partition coefficient (Wildman–Crippen LogP) is 6.13. The fraction of sp³-hybridized carbons (Fsp3) is 0.267. The number of carbonyl (C=O) groups is 2. The van der Waals surface area contributed by atoms with Crippen LogP contribution >= 0.6 is 0 Å². The molecule has 2 N–H and O–H groups in total. The van der Waals surface area contributed by atoms with Crippen molar-refractivity contribution in [1.29, 1.82) is 0 Å². The molecule has 8 bridgehead atoms. The SMILES string of the molecule is CCOC(=O)c1c2nc(c(CC)c3ccc([nH]3)c(C(=O)OCC)c3nc(c(CC)c4ccc1[nH]4)C=C3)C=C2. The van der Waals surface area contributed by atoms with Crippen molar-refractivity contribution in [2.24, 2.45) is 0 Å². The van der Waals surface area contributed by atoms with Crippen LogP contribution in [0, 0.1) is 0 Å². The standard InChI is InChI=1S/C30H30N4O4/c1-5-17-19-9-13-23(31-19)27(29(35)37-7-3)25-15-11-21(33-25)18(6-2)22-12-16-26(34-22)28(30(36)38-8-4)24-14-10-20(17)32-24/h9-16,31,34H,5-8H2,1-4H3. The fourth-order valence-electron chi connectivity index (χ4n) is 4.90. The molecule has 0 spiro atoms. The molecule has 0 fully saturated rings. The number of ether oxygens (including phenoxy) is 2. The number of nitrogens with one attached hydrogen (secondary N) is 2. The van der Waals surface area contributed by atoms with Gasteiger partial charge in [0, 0.05) is 22.2 Å². The first-order chi connectivity index (χ1) is 18.5. The quantitative estimate of drug-likeness (QED) is 0.266. The zero-order chi connectivity index (χ0) is 26.8. The summed E-state index contributed by atoms with van der Waals surface area (Å²) in [7, 11) is 0. The van der Waals surface area contributed by atoms with Gasteiger partial charge in [-0.05, 0) is 75.3 Å². The van der Waals surface area contributed by atoms with Crippen LogP contribution < -0.4 is 0 Å². The highest BCUT2D eigenvalue weighted by Crippen LogP contribution is 2.28. The lowest BCUT2D eigenvalue weighted by Gasteiger charge is -2.04. The summed E-state index contributed by atoms with van der Waals surface area (Å²) in [6.45, 7) is 8.16. The molecule has 0 unspecified atom stereocenters. The summed E-state index contributed by atoms with van der Waals surface area (Å²) < 4.78 is 10.8. The van der Waals surface area contributed by atoms with Crippen LogP contribution in [0.15, 0.2) is 24.3 Å². The molecular formula is C30H30N4O4. The number of carbonyl (C=O) groups excluding carboxylic acids is 2. The van der Waals surface area contributed by atoms with Gasteiger partial charge in [0.05, 0.1) is 47.0 Å². The highest BCUT2D eigenvalue weighted by molar-refractivity contribution is 6.03. The summed E-state index contributed by atoms with van der Waals surface area (Å²) in [5.74, 6) is -0.875. The predicted molar refractivity (Wildman–Crippen MR) is 150 cm³/mol. The van der Waals surface area contributed by atoms with E-state index in [1.54, 1.807) is 13.8 Å². The van der Waals surface area contributed by atoms with Crippen molar-refractivity contribution in [3.05, 3.63) is 69.3 Å². The van der Waals surface area contributed by atoms with Crippen LogP contribution in [0.4, 0.5) is 0 Å². The third-order valence-electron chi connectivity index (χ3n) is 6.64. The normalized spacial score (nSPS) is 12.1. The van der Waals surface area contributed by atoms with E-state index in [-0.39, 0.29) is 13.2 Å². The summed E-state index contributed by atoms with van der Waals surface area (Å²) >= 11 is 0. The van der Waals surface area contributed by atoms with Gasteiger partial charge < -0.3 is 19.4 Å². The second kappa shape index (κ2) is 10.5. The van der Waals surface area contributed by atoms with Crippen molar-refractivity contribution in [2.45, 2.75) is 40.5 Å². The summed E-state index contributed by atoms with van der Waals surface area (Å²) in [5.41, 5.74) is 8.09. The van der Waals surface area contributed by atoms with Crippen molar-refractivity contribution in [3.8, 4) is 0 Å². The Hall–Kier alpha value is -4.46. The van der Waals surface area contributed by atoms with E-state index in [0.29, 0.717) is 46.4 Å². The molecule has 8 nitrogen and oxygen atoms in total. The second-order valence-electron chi connectivity index (χ2n) is 8.86. The first kappa shape index (κ1) is 25.2. The Balaban J connectivity index is 1.96. The molecule has 0 atom stereocenters. The zero-order valence-electron chi connectivity index (χ0n) is 22.0. The van der Waals surface area contributed by atoms with Crippen LogP contribution in [0.1, 0.15) is 82.3 Å². The molecule has 3 aromatic rings. The number of hydrogen-bond acceptors (Lipinski definition) is 6. The molecule has 5 rings (SSSR count). The third kappa shape index (κ3) is 4.42. The Bertz CT molecular complexity index is 1530. The third-order valence-corrected chi connectivity index (χ3v) is 6.64. The van der Waals surface area contributed by atoms with Gasteiger partial charge in [0.25, 0.3) is 0 Å². The minimum absolute atomic E-state index is 0.257. The average molecular weight is 511 g/mol. The smallest absolute Gasteiger partial charge is 0.342 e. The van der Waals surface area contributed by atoms with Gasteiger partial charge in [0.1, 0.15) is 11.1 Å². The first-order valence-electron chi connectivity index (χ1n) is 13.0. The number of aryl methyl sites for hydroxylation is 2. The molecule has 0 amide bonds. The van der Waals surface area contributed by atoms with Gasteiger partial charge in [-0.3, -0.25) is 0 Å². The molecular weight excluding hydrogens is 480 g/mol. The number of aromatic nitrogens is 4. The van der Waals surface area contributed by atoms with Crippen LogP contribution in [-0.4, -0.2) is 45.1 Å². The molecule has 8 heteroatoms. The van der Waals surface area contributed by atoms with Crippen molar-refractivity contribution in [3.63, 3.8) is 0 Å². The van der Waals surface area contributed by atoms with E-state index in [4.69, 9.17) is 19.4 Å². The number of esters is 2. The van der Waals surface area contributed by atoms with Gasteiger partial charge >= 0.3 is 11.9 Å². The zero-order valence-corrected chi connectivity index (χ0v) is 22.0. The average Bonchev–Trinajstić information content (AvgIpc) is 3.70. The molecule has 194 valence electrons. The monoisotopic (exact) mass is 510 g/mol. The molecule has 0 saturated carbocycles. The van der Waals surface area contributed by atoms with E-state index in [9.17, 15) is 9.59 Å². The van der Waals surface area contributed by atoms with Crippen LogP contribution in [0.2, 0.25) is 0 Å². The topological polar surface area (TPSA) is 110 Å². The van der Waals surface area contributed by atoms with Crippen LogP contribution in [0.25, 0.3) is 46.4 Å². The minimum atomic E-state index is -0.438. The maximum atomic E-state index is 13.1. The molecule has 2 aliphatic rings. The largest absolute Gasteiger partial charge is 0.462 e. The summed E-state index contributed by atoms with van der Waals surface area (Å²) in [5, 5.41) is 0. The lowest BCUT2D eigenvalue weighted by molar-refractivity contribution is 0.0518. The van der Waals surface area contributed by atoms with Gasteiger partial charge in [-0.15, -0.1) is 0 Å². The molecule has 0 radical (unpaired) electrons. The number of rotatable bonds is 6. The number of H-pyrrole nitrogens is 2. The lowest BCUT2D eigenvalue weighted by Crippen LogP contribution is -2.07. The van der Waals surface area contributed by atoms with E-state index in [2.05, 4.69) is 9.97 Å². The molecule has 0 saturated heterocycles. The molecule has 0 aromatic carbocycles. The Morgan fingerprint density at radius 2 is 0.974 bits per heavy atom. The van der Waals surface area contributed by atoms with Gasteiger partial charge in [0.15, 0.2) is 0 Å². The van der Waals surface area contributed by atoms with E-state index in [1.165, 1.54) is 0 Å². The molecule has 0 aliphatic carbocycles. The highest BCUT2D eigenvalue weighted by Gasteiger charge is 2.21. The molecule has 3 aromatic heterocycles. The van der Waals surface area contributed by atoms with E-state index >= 15 is 0 Å². The first-order valence-corrected chi connectivity index (χ1v) is 13.0. The van der Waals surface area contributed by atoms with Gasteiger partial charge in [-0.25, -0.2) is 19.6 Å². The van der Waals surface area contributed by atoms with Gasteiger partial charge in [-0.2, -0.15) is 0 Å². The fourth-order valence-corrected chi connectivity index (χ4v) is 4.90. The summed E-state index contributed by atoms with van der Waals surface area (Å²) in [6, 6.07) is 7.59. The Morgan fingerprint density at radius 3 is 1.34 bits per heavy atom. The van der Waals surface area contributed by atoms with Crippen LogP contribution in [0.5, 0.6) is 0 Å². The Labute approximate surface area is 220 Å². The van der Waals surface area contributed by atoms with E-state index in [1.807, 2.05) is 62.4 Å². The molecule has 38 heavy (non-hydrogen) atoms. The van der Waals surface area contributed by atoms with Crippen LogP contribution in [-0.2, 0) is 22.3 Å². The van der Waals surface area contributed by atoms with Crippen molar-refractivity contribution in [1.82, 2.24) is 19.9 Å². The van der Waals surface area contributed by atoms with Crippen molar-refractivity contribution >= 4 is 58.3 Å². The summed E-state index contributed by atoms with van der Waals surface area (Å²) in [6.07, 6.45) is 8.84.